The molecule has 0 spiro atoms. The molecule has 1 saturated heterocycles. The first-order chi connectivity index (χ1) is 10.6. The molecule has 3 heteroatoms. The number of aliphatic hydroxyl groups is 1. The number of piperidine rings is 1. The Morgan fingerprint density at radius 1 is 1.00 bits per heavy atom. The number of aliphatic hydroxyl groups excluding tert-OH is 1. The van der Waals surface area contributed by atoms with Crippen LogP contribution in [-0.2, 0) is 0 Å². The van der Waals surface area contributed by atoms with Crippen LogP contribution >= 0.6 is 0 Å². The summed E-state index contributed by atoms with van der Waals surface area (Å²) < 4.78 is 0. The van der Waals surface area contributed by atoms with Gasteiger partial charge in [-0.2, -0.15) is 0 Å². The van der Waals surface area contributed by atoms with E-state index in [1.807, 2.05) is 6.92 Å². The molecule has 1 heterocycles. The third-order valence-electron chi connectivity index (χ3n) is 6.42. The Morgan fingerprint density at radius 3 is 2.55 bits per heavy atom. The first kappa shape index (κ1) is 16.4. The second kappa shape index (κ2) is 7.44. The summed E-state index contributed by atoms with van der Waals surface area (Å²) in [4.78, 5) is 5.21. The monoisotopic (exact) mass is 306 g/mol. The summed E-state index contributed by atoms with van der Waals surface area (Å²) in [5, 5.41) is 13.5. The minimum Gasteiger partial charge on any atom is -0.392 e. The molecule has 0 bridgehead atoms. The van der Waals surface area contributed by atoms with E-state index in [4.69, 9.17) is 4.99 Å². The molecule has 2 saturated carbocycles. The lowest BCUT2D eigenvalue weighted by molar-refractivity contribution is 0.124. The van der Waals surface area contributed by atoms with Crippen molar-refractivity contribution in [1.29, 1.82) is 0 Å². The highest BCUT2D eigenvalue weighted by atomic mass is 16.3. The molecular formula is C19H34N2O. The van der Waals surface area contributed by atoms with Gasteiger partial charge >= 0.3 is 0 Å². The van der Waals surface area contributed by atoms with Gasteiger partial charge in [0.15, 0.2) is 0 Å². The standard InChI is InChI=1S/C19H34N2O/c1-13(17-10-6-11-18(21-17)14(2)22)20-19-12-5-8-15-7-3-4-9-16(15)19/h14-19,21-22H,3-12H2,1-2H3. The molecule has 3 rings (SSSR count). The lowest BCUT2D eigenvalue weighted by atomic mass is 9.68. The van der Waals surface area contributed by atoms with Gasteiger partial charge in [-0.25, -0.2) is 0 Å². The van der Waals surface area contributed by atoms with Gasteiger partial charge in [0, 0.05) is 17.8 Å². The average molecular weight is 306 g/mol. The molecule has 22 heavy (non-hydrogen) atoms. The number of nitrogens with zero attached hydrogens (tertiary/aromatic N) is 1. The predicted molar refractivity (Wildman–Crippen MR) is 92.4 cm³/mol. The summed E-state index contributed by atoms with van der Waals surface area (Å²) in [6.45, 7) is 4.12. The molecule has 0 aromatic carbocycles. The predicted octanol–water partition coefficient (Wildman–Crippen LogP) is 3.70. The molecule has 0 aromatic rings. The molecule has 3 nitrogen and oxygen atoms in total. The number of hydrogen-bond donors (Lipinski definition) is 2. The van der Waals surface area contributed by atoms with Gasteiger partial charge in [-0.3, -0.25) is 4.99 Å². The molecule has 6 unspecified atom stereocenters. The van der Waals surface area contributed by atoms with Crippen molar-refractivity contribution in [3.63, 3.8) is 0 Å². The van der Waals surface area contributed by atoms with Crippen molar-refractivity contribution in [1.82, 2.24) is 5.32 Å². The summed E-state index contributed by atoms with van der Waals surface area (Å²) in [5.41, 5.74) is 1.29. The maximum Gasteiger partial charge on any atom is 0.0665 e. The number of nitrogens with one attached hydrogen (secondary N) is 1. The molecule has 3 fully saturated rings. The van der Waals surface area contributed by atoms with Crippen molar-refractivity contribution in [2.75, 3.05) is 0 Å². The summed E-state index contributed by atoms with van der Waals surface area (Å²) in [6.07, 6.45) is 13.0. The van der Waals surface area contributed by atoms with Crippen molar-refractivity contribution in [2.45, 2.75) is 102 Å². The number of aliphatic imine (C=N–C) groups is 1. The van der Waals surface area contributed by atoms with Crippen LogP contribution in [0.1, 0.15) is 78.1 Å². The zero-order valence-corrected chi connectivity index (χ0v) is 14.4. The normalized spacial score (nSPS) is 41.8. The molecule has 1 aliphatic heterocycles. The number of hydrogen-bond acceptors (Lipinski definition) is 3. The lowest BCUT2D eigenvalue weighted by Crippen LogP contribution is -2.50. The fourth-order valence-electron chi connectivity index (χ4n) is 5.09. The van der Waals surface area contributed by atoms with E-state index in [1.54, 1.807) is 0 Å². The summed E-state index contributed by atoms with van der Waals surface area (Å²) in [6, 6.07) is 1.21. The van der Waals surface area contributed by atoms with Crippen LogP contribution in [0.4, 0.5) is 0 Å². The van der Waals surface area contributed by atoms with Crippen molar-refractivity contribution in [2.24, 2.45) is 16.8 Å². The molecule has 0 aromatic heterocycles. The van der Waals surface area contributed by atoms with Crippen molar-refractivity contribution >= 4 is 5.71 Å². The fourth-order valence-corrected chi connectivity index (χ4v) is 5.09. The second-order valence-electron chi connectivity index (χ2n) is 7.97. The van der Waals surface area contributed by atoms with Gasteiger partial charge in [-0.05, 0) is 57.8 Å². The van der Waals surface area contributed by atoms with Crippen molar-refractivity contribution < 1.29 is 5.11 Å². The molecule has 126 valence electrons. The lowest BCUT2D eigenvalue weighted by Gasteiger charge is -2.40. The Balaban J connectivity index is 1.65. The zero-order valence-electron chi connectivity index (χ0n) is 14.4. The van der Waals surface area contributed by atoms with Crippen molar-refractivity contribution in [3.8, 4) is 0 Å². The topological polar surface area (TPSA) is 44.6 Å². The van der Waals surface area contributed by atoms with E-state index in [9.17, 15) is 5.11 Å². The Bertz CT molecular complexity index is 391. The van der Waals surface area contributed by atoms with Crippen LogP contribution in [-0.4, -0.2) is 35.0 Å². The largest absolute Gasteiger partial charge is 0.392 e. The van der Waals surface area contributed by atoms with Gasteiger partial charge in [0.1, 0.15) is 0 Å². The summed E-state index contributed by atoms with van der Waals surface area (Å²) in [5.74, 6) is 1.81. The van der Waals surface area contributed by atoms with Gasteiger partial charge in [-0.15, -0.1) is 0 Å². The van der Waals surface area contributed by atoms with E-state index in [2.05, 4.69) is 12.2 Å². The van der Waals surface area contributed by atoms with E-state index in [1.165, 1.54) is 63.5 Å². The van der Waals surface area contributed by atoms with Crippen LogP contribution in [0.25, 0.3) is 0 Å². The van der Waals surface area contributed by atoms with E-state index in [0.717, 1.165) is 18.3 Å². The quantitative estimate of drug-likeness (QED) is 0.781. The summed E-state index contributed by atoms with van der Waals surface area (Å²) in [7, 11) is 0. The van der Waals surface area contributed by atoms with Gasteiger partial charge in [-0.1, -0.05) is 32.1 Å². The number of rotatable bonds is 3. The fraction of sp³-hybridized carbons (Fsp3) is 0.947. The van der Waals surface area contributed by atoms with Crippen LogP contribution in [0, 0.1) is 11.8 Å². The summed E-state index contributed by atoms with van der Waals surface area (Å²) >= 11 is 0. The third kappa shape index (κ3) is 3.73. The van der Waals surface area contributed by atoms with Crippen molar-refractivity contribution in [3.05, 3.63) is 0 Å². The molecule has 3 aliphatic rings. The van der Waals surface area contributed by atoms with Crippen LogP contribution < -0.4 is 5.32 Å². The highest BCUT2D eigenvalue weighted by Gasteiger charge is 2.35. The molecule has 6 atom stereocenters. The average Bonchev–Trinajstić information content (AvgIpc) is 2.55. The first-order valence-corrected chi connectivity index (χ1v) is 9.63. The number of fused-ring (bicyclic) bond motifs is 1. The first-order valence-electron chi connectivity index (χ1n) is 9.63. The van der Waals surface area contributed by atoms with Gasteiger partial charge in [0.05, 0.1) is 12.1 Å². The molecule has 2 N–H and O–H groups in total. The Kier molecular flexibility index (Phi) is 5.56. The SMILES string of the molecule is CC(=NC1CCCC2CCCCC21)C1CCCC(C(C)O)N1. The second-order valence-corrected chi connectivity index (χ2v) is 7.97. The van der Waals surface area contributed by atoms with E-state index < -0.39 is 0 Å². The Labute approximate surface area is 136 Å². The minimum absolute atomic E-state index is 0.248. The van der Waals surface area contributed by atoms with Crippen LogP contribution in [0.15, 0.2) is 4.99 Å². The minimum atomic E-state index is -0.256. The van der Waals surface area contributed by atoms with E-state index in [0.29, 0.717) is 12.1 Å². The molecular weight excluding hydrogens is 272 g/mol. The van der Waals surface area contributed by atoms with Gasteiger partial charge in [0.25, 0.3) is 0 Å². The van der Waals surface area contributed by atoms with Gasteiger partial charge in [0.2, 0.25) is 0 Å². The maximum absolute atomic E-state index is 9.85. The van der Waals surface area contributed by atoms with E-state index >= 15 is 0 Å². The van der Waals surface area contributed by atoms with Gasteiger partial charge < -0.3 is 10.4 Å². The Morgan fingerprint density at radius 2 is 1.73 bits per heavy atom. The van der Waals surface area contributed by atoms with Crippen LogP contribution in [0.5, 0.6) is 0 Å². The molecule has 0 radical (unpaired) electrons. The molecule has 0 amide bonds. The smallest absolute Gasteiger partial charge is 0.0665 e. The highest BCUT2D eigenvalue weighted by molar-refractivity contribution is 5.87. The van der Waals surface area contributed by atoms with Crippen LogP contribution in [0.2, 0.25) is 0 Å². The zero-order chi connectivity index (χ0) is 15.5. The van der Waals surface area contributed by atoms with Crippen LogP contribution in [0.3, 0.4) is 0 Å². The molecule has 2 aliphatic carbocycles. The highest BCUT2D eigenvalue weighted by Crippen LogP contribution is 2.42. The van der Waals surface area contributed by atoms with E-state index in [-0.39, 0.29) is 12.1 Å². The third-order valence-corrected chi connectivity index (χ3v) is 6.42. The Hall–Kier alpha value is -0.410. The maximum atomic E-state index is 9.85.